The van der Waals surface area contributed by atoms with Crippen molar-refractivity contribution in [1.29, 1.82) is 0 Å². The summed E-state index contributed by atoms with van der Waals surface area (Å²) in [6.45, 7) is 8.30. The Balaban J connectivity index is 2.98. The Morgan fingerprint density at radius 3 is 2.71 bits per heavy atom. The molecule has 120 valence electrons. The molecule has 21 heavy (non-hydrogen) atoms. The smallest absolute Gasteiger partial charge is 0.313 e. The Morgan fingerprint density at radius 1 is 1.48 bits per heavy atom. The highest BCUT2D eigenvalue weighted by Gasteiger charge is 2.21. The fraction of sp³-hybridized carbons (Fsp3) is 0.769. The van der Waals surface area contributed by atoms with E-state index in [1.54, 1.807) is 7.11 Å². The van der Waals surface area contributed by atoms with Gasteiger partial charge in [0.1, 0.15) is 0 Å². The molecule has 0 saturated carbocycles. The minimum absolute atomic E-state index is 0.0143. The summed E-state index contributed by atoms with van der Waals surface area (Å²) in [7, 11) is 1.67. The van der Waals surface area contributed by atoms with Crippen LogP contribution in [0, 0.1) is 0 Å². The fourth-order valence-corrected chi connectivity index (χ4v) is 2.65. The number of carbonyl (C=O) groups is 1. The number of hydrogen-bond donors (Lipinski definition) is 1. The molecule has 1 atom stereocenters. The van der Waals surface area contributed by atoms with E-state index in [2.05, 4.69) is 28.9 Å². The zero-order valence-corrected chi connectivity index (χ0v) is 13.9. The monoisotopic (exact) mass is 316 g/mol. The minimum atomic E-state index is -0.856. The van der Waals surface area contributed by atoms with Gasteiger partial charge in [0.15, 0.2) is 5.16 Å². The van der Waals surface area contributed by atoms with Gasteiger partial charge < -0.3 is 14.7 Å². The molecule has 0 spiro atoms. The Hall–Kier alpha value is -1.28. The topological polar surface area (TPSA) is 80.5 Å². The van der Waals surface area contributed by atoms with Crippen LogP contribution in [0.3, 0.4) is 0 Å². The standard InChI is InChI=1S/C13H24N4O3S/c1-5-10(3)17(7-8-20-4)12-14-15-13(16(12)6-2)21-9-11(18)19/h10H,5-9H2,1-4H3,(H,18,19). The SMILES string of the molecule is CCC(C)N(CCOC)c1nnc(SCC(=O)O)n1CC. The number of carboxylic acids is 1. The van der Waals surface area contributed by atoms with Crippen LogP contribution in [0.2, 0.25) is 0 Å². The van der Waals surface area contributed by atoms with Gasteiger partial charge in [-0.15, -0.1) is 10.2 Å². The Morgan fingerprint density at radius 2 is 2.19 bits per heavy atom. The van der Waals surface area contributed by atoms with E-state index >= 15 is 0 Å². The van der Waals surface area contributed by atoms with Crippen molar-refractivity contribution in [3.63, 3.8) is 0 Å². The van der Waals surface area contributed by atoms with E-state index in [0.29, 0.717) is 24.3 Å². The molecule has 0 aliphatic carbocycles. The first-order valence-corrected chi connectivity index (χ1v) is 8.07. The lowest BCUT2D eigenvalue weighted by atomic mass is 10.2. The average molecular weight is 316 g/mol. The second-order valence-electron chi connectivity index (χ2n) is 4.65. The molecule has 0 radical (unpaired) electrons. The lowest BCUT2D eigenvalue weighted by Crippen LogP contribution is -2.37. The lowest BCUT2D eigenvalue weighted by Gasteiger charge is -2.29. The maximum Gasteiger partial charge on any atom is 0.313 e. The summed E-state index contributed by atoms with van der Waals surface area (Å²) in [5, 5.41) is 17.8. The third-order valence-electron chi connectivity index (χ3n) is 3.25. The van der Waals surface area contributed by atoms with Crippen molar-refractivity contribution in [3.05, 3.63) is 0 Å². The minimum Gasteiger partial charge on any atom is -0.481 e. The van der Waals surface area contributed by atoms with Crippen molar-refractivity contribution < 1.29 is 14.6 Å². The molecule has 1 aromatic rings. The Kier molecular flexibility index (Phi) is 7.52. The van der Waals surface area contributed by atoms with E-state index in [1.807, 2.05) is 11.5 Å². The fourth-order valence-electron chi connectivity index (χ4n) is 1.93. The van der Waals surface area contributed by atoms with Crippen molar-refractivity contribution in [1.82, 2.24) is 14.8 Å². The van der Waals surface area contributed by atoms with Gasteiger partial charge in [-0.25, -0.2) is 0 Å². The van der Waals surface area contributed by atoms with E-state index < -0.39 is 5.97 Å². The van der Waals surface area contributed by atoms with Gasteiger partial charge in [-0.05, 0) is 20.3 Å². The zero-order valence-electron chi connectivity index (χ0n) is 13.1. The number of ether oxygens (including phenoxy) is 1. The van der Waals surface area contributed by atoms with Gasteiger partial charge in [0.2, 0.25) is 5.95 Å². The van der Waals surface area contributed by atoms with Crippen molar-refractivity contribution in [3.8, 4) is 0 Å². The molecular formula is C13H24N4O3S. The van der Waals surface area contributed by atoms with Gasteiger partial charge in [-0.1, -0.05) is 18.7 Å². The van der Waals surface area contributed by atoms with Gasteiger partial charge >= 0.3 is 5.97 Å². The lowest BCUT2D eigenvalue weighted by molar-refractivity contribution is -0.133. The van der Waals surface area contributed by atoms with E-state index in [9.17, 15) is 4.79 Å². The van der Waals surface area contributed by atoms with E-state index in [1.165, 1.54) is 11.8 Å². The number of rotatable bonds is 10. The van der Waals surface area contributed by atoms with Gasteiger partial charge in [-0.3, -0.25) is 9.36 Å². The first-order chi connectivity index (χ1) is 10.0. The Bertz CT molecular complexity index is 453. The number of anilines is 1. The molecule has 1 heterocycles. The normalized spacial score (nSPS) is 12.4. The number of thioether (sulfide) groups is 1. The van der Waals surface area contributed by atoms with Crippen molar-refractivity contribution in [2.45, 2.75) is 44.9 Å². The first-order valence-electron chi connectivity index (χ1n) is 7.08. The van der Waals surface area contributed by atoms with Gasteiger partial charge in [0.05, 0.1) is 12.4 Å². The Labute approximate surface area is 129 Å². The number of hydrogen-bond acceptors (Lipinski definition) is 6. The van der Waals surface area contributed by atoms with E-state index in [-0.39, 0.29) is 5.75 Å². The van der Waals surface area contributed by atoms with Crippen LogP contribution in [-0.2, 0) is 16.1 Å². The van der Waals surface area contributed by atoms with Crippen LogP contribution in [-0.4, -0.2) is 57.9 Å². The zero-order chi connectivity index (χ0) is 15.8. The molecule has 0 amide bonds. The van der Waals surface area contributed by atoms with Gasteiger partial charge in [0, 0.05) is 26.2 Å². The molecule has 1 rings (SSSR count). The van der Waals surface area contributed by atoms with E-state index in [4.69, 9.17) is 9.84 Å². The van der Waals surface area contributed by atoms with Crippen LogP contribution in [0.4, 0.5) is 5.95 Å². The summed E-state index contributed by atoms with van der Waals surface area (Å²) in [5.41, 5.74) is 0. The van der Waals surface area contributed by atoms with Crippen molar-refractivity contribution in [2.75, 3.05) is 30.9 Å². The third kappa shape index (κ3) is 4.89. The summed E-state index contributed by atoms with van der Waals surface area (Å²) < 4.78 is 7.12. The molecule has 0 aromatic carbocycles. The second-order valence-corrected chi connectivity index (χ2v) is 5.60. The number of carboxylic acid groups (broad SMARTS) is 1. The molecule has 0 saturated heterocycles. The molecule has 1 N–H and O–H groups in total. The summed E-state index contributed by atoms with van der Waals surface area (Å²) in [6, 6.07) is 0.312. The van der Waals surface area contributed by atoms with Crippen molar-refractivity contribution in [2.24, 2.45) is 0 Å². The van der Waals surface area contributed by atoms with Crippen LogP contribution in [0.15, 0.2) is 5.16 Å². The largest absolute Gasteiger partial charge is 0.481 e. The molecule has 0 bridgehead atoms. The van der Waals surface area contributed by atoms with Crippen LogP contribution in [0.1, 0.15) is 27.2 Å². The molecule has 8 heteroatoms. The molecule has 0 aliphatic rings. The van der Waals surface area contributed by atoms with Crippen LogP contribution < -0.4 is 4.90 Å². The number of aromatic nitrogens is 3. The second kappa shape index (κ2) is 8.89. The maximum absolute atomic E-state index is 10.7. The molecule has 0 fully saturated rings. The molecule has 0 aliphatic heterocycles. The highest BCUT2D eigenvalue weighted by molar-refractivity contribution is 7.99. The predicted molar refractivity (Wildman–Crippen MR) is 83.0 cm³/mol. The maximum atomic E-state index is 10.7. The summed E-state index contributed by atoms with van der Waals surface area (Å²) >= 11 is 1.19. The summed E-state index contributed by atoms with van der Waals surface area (Å²) in [4.78, 5) is 12.9. The van der Waals surface area contributed by atoms with Crippen LogP contribution in [0.5, 0.6) is 0 Å². The molecule has 7 nitrogen and oxygen atoms in total. The third-order valence-corrected chi connectivity index (χ3v) is 4.21. The van der Waals surface area contributed by atoms with Gasteiger partial charge in [0.25, 0.3) is 0 Å². The van der Waals surface area contributed by atoms with Crippen LogP contribution >= 0.6 is 11.8 Å². The number of aliphatic carboxylic acids is 1. The summed E-state index contributed by atoms with van der Waals surface area (Å²) in [6.07, 6.45) is 0.984. The molecular weight excluding hydrogens is 292 g/mol. The number of methoxy groups -OCH3 is 1. The van der Waals surface area contributed by atoms with Gasteiger partial charge in [-0.2, -0.15) is 0 Å². The number of nitrogens with zero attached hydrogens (tertiary/aromatic N) is 4. The predicted octanol–water partition coefficient (Wildman–Crippen LogP) is 1.73. The highest BCUT2D eigenvalue weighted by atomic mass is 32.2. The summed E-state index contributed by atoms with van der Waals surface area (Å²) in [5.74, 6) is -0.0957. The molecule has 1 aromatic heterocycles. The average Bonchev–Trinajstić information content (AvgIpc) is 2.87. The highest BCUT2D eigenvalue weighted by Crippen LogP contribution is 2.23. The quantitative estimate of drug-likeness (QED) is 0.658. The molecule has 1 unspecified atom stereocenters. The van der Waals surface area contributed by atoms with E-state index in [0.717, 1.165) is 18.9 Å². The van der Waals surface area contributed by atoms with Crippen LogP contribution in [0.25, 0.3) is 0 Å². The van der Waals surface area contributed by atoms with Crippen molar-refractivity contribution >= 4 is 23.7 Å². The first kappa shape index (κ1) is 17.8.